The molecule has 0 bridgehead atoms. The second-order valence-corrected chi connectivity index (χ2v) is 8.02. The minimum atomic E-state index is -0.728. The molecule has 1 aromatic carbocycles. The van der Waals surface area contributed by atoms with Crippen molar-refractivity contribution >= 4 is 11.4 Å². The van der Waals surface area contributed by atoms with Gasteiger partial charge >= 0.3 is 0 Å². The highest BCUT2D eigenvalue weighted by Gasteiger charge is 2.27. The third-order valence-electron chi connectivity index (χ3n) is 6.15. The van der Waals surface area contributed by atoms with Gasteiger partial charge in [-0.25, -0.2) is 8.78 Å². The van der Waals surface area contributed by atoms with Crippen LogP contribution >= 0.6 is 0 Å². The minimum Gasteiger partial charge on any atom is -0.301 e. The van der Waals surface area contributed by atoms with Crippen molar-refractivity contribution in [1.82, 2.24) is 5.32 Å². The van der Waals surface area contributed by atoms with E-state index in [1.807, 2.05) is 0 Å². The van der Waals surface area contributed by atoms with Crippen LogP contribution in [0.25, 0.3) is 0 Å². The zero-order chi connectivity index (χ0) is 19.0. The first-order valence-corrected chi connectivity index (χ1v) is 10.0. The summed E-state index contributed by atoms with van der Waals surface area (Å²) in [6.07, 6.45) is 7.95. The Labute approximate surface area is 159 Å². The summed E-state index contributed by atoms with van der Waals surface area (Å²) in [7, 11) is 0. The monoisotopic (exact) mass is 371 g/mol. The van der Waals surface area contributed by atoms with Crippen LogP contribution in [-0.2, 0) is 6.42 Å². The first-order chi connectivity index (χ1) is 13.0. The lowest BCUT2D eigenvalue weighted by molar-refractivity contribution is 0.499. The molecule has 3 atom stereocenters. The first-order valence-electron chi connectivity index (χ1n) is 10.0. The molecule has 1 aromatic rings. The van der Waals surface area contributed by atoms with Gasteiger partial charge in [0.15, 0.2) is 11.6 Å². The van der Waals surface area contributed by atoms with E-state index >= 15 is 0 Å². The SMILES string of the molecule is CC1=NC2=CC(=NCCCC3CCc4cc(F)c(F)cc43)CCC2NC1C. The molecule has 2 aliphatic carbocycles. The summed E-state index contributed by atoms with van der Waals surface area (Å²) in [5.41, 5.74) is 5.34. The van der Waals surface area contributed by atoms with E-state index < -0.39 is 11.6 Å². The van der Waals surface area contributed by atoms with Crippen LogP contribution < -0.4 is 5.32 Å². The average molecular weight is 371 g/mol. The fourth-order valence-corrected chi connectivity index (χ4v) is 4.46. The number of halogens is 2. The largest absolute Gasteiger partial charge is 0.301 e. The van der Waals surface area contributed by atoms with Crippen molar-refractivity contribution in [2.75, 3.05) is 6.54 Å². The highest BCUT2D eigenvalue weighted by molar-refractivity contribution is 5.98. The number of fused-ring (bicyclic) bond motifs is 2. The summed E-state index contributed by atoms with van der Waals surface area (Å²) in [5.74, 6) is -1.12. The van der Waals surface area contributed by atoms with Gasteiger partial charge in [0.05, 0.1) is 11.7 Å². The van der Waals surface area contributed by atoms with Gasteiger partial charge in [0.2, 0.25) is 0 Å². The van der Waals surface area contributed by atoms with Crippen LogP contribution in [0.15, 0.2) is 33.9 Å². The Kier molecular flexibility index (Phi) is 5.22. The summed E-state index contributed by atoms with van der Waals surface area (Å²) >= 11 is 0. The van der Waals surface area contributed by atoms with E-state index in [2.05, 4.69) is 25.2 Å². The van der Waals surface area contributed by atoms with Gasteiger partial charge in [0, 0.05) is 24.0 Å². The molecule has 0 saturated heterocycles. The molecule has 27 heavy (non-hydrogen) atoms. The molecule has 3 unspecified atom stereocenters. The van der Waals surface area contributed by atoms with Crippen LogP contribution in [-0.4, -0.2) is 30.1 Å². The Bertz CT molecular complexity index is 825. The fourth-order valence-electron chi connectivity index (χ4n) is 4.46. The number of benzene rings is 1. The van der Waals surface area contributed by atoms with E-state index in [-0.39, 0.29) is 0 Å². The Morgan fingerprint density at radius 2 is 2.00 bits per heavy atom. The van der Waals surface area contributed by atoms with Gasteiger partial charge in [0.1, 0.15) is 0 Å². The molecule has 3 aliphatic rings. The van der Waals surface area contributed by atoms with Gasteiger partial charge in [-0.3, -0.25) is 9.98 Å². The van der Waals surface area contributed by atoms with E-state index in [1.54, 1.807) is 0 Å². The number of aliphatic imine (C=N–C) groups is 2. The molecule has 0 spiro atoms. The molecular weight excluding hydrogens is 344 g/mol. The molecule has 4 rings (SSSR count). The summed E-state index contributed by atoms with van der Waals surface area (Å²) < 4.78 is 26.9. The quantitative estimate of drug-likeness (QED) is 0.764. The van der Waals surface area contributed by atoms with Gasteiger partial charge < -0.3 is 5.32 Å². The van der Waals surface area contributed by atoms with Crippen LogP contribution in [0.3, 0.4) is 0 Å². The third kappa shape index (κ3) is 3.88. The number of hydrogen-bond acceptors (Lipinski definition) is 3. The highest BCUT2D eigenvalue weighted by Crippen LogP contribution is 2.37. The zero-order valence-corrected chi connectivity index (χ0v) is 16.1. The van der Waals surface area contributed by atoms with E-state index in [1.165, 1.54) is 12.1 Å². The standard InChI is InChI=1S/C22H27F2N3/c1-13-14(2)27-22-11-17(7-8-21(22)26-13)25-9-3-4-15-5-6-16-10-19(23)20(24)12-18(15)16/h10-13,15,21,26H,3-9H2,1-2H3. The van der Waals surface area contributed by atoms with E-state index in [4.69, 9.17) is 9.98 Å². The van der Waals surface area contributed by atoms with E-state index in [9.17, 15) is 8.78 Å². The molecule has 0 aromatic heterocycles. The van der Waals surface area contributed by atoms with Crippen molar-refractivity contribution in [1.29, 1.82) is 0 Å². The number of aryl methyl sites for hydroxylation is 1. The van der Waals surface area contributed by atoms with Crippen molar-refractivity contribution in [2.24, 2.45) is 9.98 Å². The van der Waals surface area contributed by atoms with E-state index in [0.717, 1.165) is 73.3 Å². The fraction of sp³-hybridized carbons (Fsp3) is 0.545. The molecule has 1 N–H and O–H groups in total. The molecule has 0 fully saturated rings. The van der Waals surface area contributed by atoms with Crippen LogP contribution in [0.1, 0.15) is 63.0 Å². The predicted molar refractivity (Wildman–Crippen MR) is 106 cm³/mol. The summed E-state index contributed by atoms with van der Waals surface area (Å²) in [6, 6.07) is 3.47. The second kappa shape index (κ2) is 7.63. The molecule has 0 saturated carbocycles. The van der Waals surface area contributed by atoms with Gasteiger partial charge in [-0.2, -0.15) is 0 Å². The normalized spacial score (nSPS) is 28.6. The van der Waals surface area contributed by atoms with Crippen molar-refractivity contribution in [3.63, 3.8) is 0 Å². The van der Waals surface area contributed by atoms with Crippen molar-refractivity contribution < 1.29 is 8.78 Å². The molecule has 3 nitrogen and oxygen atoms in total. The van der Waals surface area contributed by atoms with Gasteiger partial charge in [-0.15, -0.1) is 0 Å². The Morgan fingerprint density at radius 3 is 2.85 bits per heavy atom. The molecule has 1 aliphatic heterocycles. The number of allylic oxidation sites excluding steroid dienone is 1. The maximum Gasteiger partial charge on any atom is 0.159 e. The maximum atomic E-state index is 13.5. The maximum absolute atomic E-state index is 13.5. The zero-order valence-electron chi connectivity index (χ0n) is 16.1. The number of nitrogens with one attached hydrogen (secondary N) is 1. The Balaban J connectivity index is 1.34. The topological polar surface area (TPSA) is 36.8 Å². The highest BCUT2D eigenvalue weighted by atomic mass is 19.2. The molecular formula is C22H27F2N3. The van der Waals surface area contributed by atoms with Crippen molar-refractivity contribution in [3.8, 4) is 0 Å². The van der Waals surface area contributed by atoms with Crippen LogP contribution in [0, 0.1) is 11.6 Å². The lowest BCUT2D eigenvalue weighted by atomic mass is 9.94. The van der Waals surface area contributed by atoms with Crippen LogP contribution in [0.5, 0.6) is 0 Å². The minimum absolute atomic E-state index is 0.334. The number of hydrogen-bond donors (Lipinski definition) is 1. The summed E-state index contributed by atoms with van der Waals surface area (Å²) in [5, 5.41) is 3.60. The Hall–Kier alpha value is -1.88. The first kappa shape index (κ1) is 18.5. The smallest absolute Gasteiger partial charge is 0.159 e. The Morgan fingerprint density at radius 1 is 1.19 bits per heavy atom. The van der Waals surface area contributed by atoms with Crippen molar-refractivity contribution in [3.05, 3.63) is 46.7 Å². The molecule has 1 heterocycles. The molecule has 0 amide bonds. The predicted octanol–water partition coefficient (Wildman–Crippen LogP) is 4.71. The number of rotatable bonds is 4. The summed E-state index contributed by atoms with van der Waals surface area (Å²) in [6.45, 7) is 5.00. The van der Waals surface area contributed by atoms with Crippen molar-refractivity contribution in [2.45, 2.75) is 70.4 Å². The van der Waals surface area contributed by atoms with Crippen LogP contribution in [0.4, 0.5) is 8.78 Å². The molecule has 5 heteroatoms. The number of nitrogens with zero attached hydrogens (tertiary/aromatic N) is 2. The lowest BCUT2D eigenvalue weighted by Gasteiger charge is -2.31. The van der Waals surface area contributed by atoms with Gasteiger partial charge in [0.25, 0.3) is 0 Å². The van der Waals surface area contributed by atoms with E-state index in [0.29, 0.717) is 18.0 Å². The molecule has 0 radical (unpaired) electrons. The average Bonchev–Trinajstić information content (AvgIpc) is 3.02. The third-order valence-corrected chi connectivity index (χ3v) is 6.15. The van der Waals surface area contributed by atoms with Crippen LogP contribution in [0.2, 0.25) is 0 Å². The molecule has 144 valence electrons. The second-order valence-electron chi connectivity index (χ2n) is 8.02. The van der Waals surface area contributed by atoms with Gasteiger partial charge in [-0.1, -0.05) is 0 Å². The summed E-state index contributed by atoms with van der Waals surface area (Å²) in [4.78, 5) is 9.51. The van der Waals surface area contributed by atoms with Gasteiger partial charge in [-0.05, 0) is 87.6 Å². The lowest BCUT2D eigenvalue weighted by Crippen LogP contribution is -2.46.